The fraction of sp³-hybridized carbons (Fsp3) is 0.0714. The zero-order valence-corrected chi connectivity index (χ0v) is 10.4. The summed E-state index contributed by atoms with van der Waals surface area (Å²) in [5, 5.41) is 2.64. The van der Waals surface area contributed by atoms with Crippen molar-refractivity contribution < 1.29 is 4.79 Å². The lowest BCUT2D eigenvalue weighted by Crippen LogP contribution is -2.13. The van der Waals surface area contributed by atoms with Gasteiger partial charge in [-0.1, -0.05) is 6.07 Å². The molecule has 2 N–H and O–H groups in total. The summed E-state index contributed by atoms with van der Waals surface area (Å²) >= 11 is 0. The summed E-state index contributed by atoms with van der Waals surface area (Å²) in [6, 6.07) is 5.65. The molecular formula is C14H10N4O2. The zero-order chi connectivity index (χ0) is 13.7. The molecule has 0 radical (unpaired) electrons. The SMILES string of the molecule is O=CNc1ccc2c(c1)Cc1c-2[nH]c(=O)c2nccn12. The van der Waals surface area contributed by atoms with Crippen molar-refractivity contribution in [1.82, 2.24) is 14.4 Å². The average molecular weight is 266 g/mol. The maximum absolute atomic E-state index is 12.0. The largest absolute Gasteiger partial charge is 0.329 e. The van der Waals surface area contributed by atoms with E-state index in [9.17, 15) is 9.59 Å². The molecule has 2 aromatic heterocycles. The van der Waals surface area contributed by atoms with Crippen LogP contribution in [0, 0.1) is 0 Å². The molecule has 0 bridgehead atoms. The lowest BCUT2D eigenvalue weighted by atomic mass is 10.1. The molecule has 2 heterocycles. The highest BCUT2D eigenvalue weighted by Crippen LogP contribution is 2.35. The van der Waals surface area contributed by atoms with Gasteiger partial charge in [0.1, 0.15) is 0 Å². The average Bonchev–Trinajstić information content (AvgIpc) is 3.03. The van der Waals surface area contributed by atoms with Crippen molar-refractivity contribution in [3.63, 3.8) is 0 Å². The van der Waals surface area contributed by atoms with Gasteiger partial charge in [-0.05, 0) is 17.7 Å². The Morgan fingerprint density at radius 1 is 1.40 bits per heavy atom. The van der Waals surface area contributed by atoms with Gasteiger partial charge in [0.2, 0.25) is 12.1 Å². The molecule has 0 saturated heterocycles. The third kappa shape index (κ3) is 1.36. The van der Waals surface area contributed by atoms with Crippen LogP contribution in [0.1, 0.15) is 11.3 Å². The Balaban J connectivity index is 1.98. The summed E-state index contributed by atoms with van der Waals surface area (Å²) in [5.41, 5.74) is 4.85. The van der Waals surface area contributed by atoms with E-state index in [-0.39, 0.29) is 5.56 Å². The van der Waals surface area contributed by atoms with Gasteiger partial charge in [0, 0.05) is 30.1 Å². The summed E-state index contributed by atoms with van der Waals surface area (Å²) in [5.74, 6) is 0. The first kappa shape index (κ1) is 11.0. The number of imidazole rings is 1. The highest BCUT2D eigenvalue weighted by Gasteiger charge is 2.23. The number of hydrogen-bond donors (Lipinski definition) is 2. The van der Waals surface area contributed by atoms with Crippen LogP contribution in [0.5, 0.6) is 0 Å². The van der Waals surface area contributed by atoms with Crippen LogP contribution in [-0.4, -0.2) is 20.8 Å². The molecule has 6 nitrogen and oxygen atoms in total. The normalized spacial score (nSPS) is 12.2. The van der Waals surface area contributed by atoms with Crippen molar-refractivity contribution in [3.8, 4) is 11.3 Å². The van der Waals surface area contributed by atoms with Gasteiger partial charge in [-0.2, -0.15) is 0 Å². The minimum absolute atomic E-state index is 0.198. The van der Waals surface area contributed by atoms with E-state index in [1.165, 1.54) is 0 Å². The van der Waals surface area contributed by atoms with Gasteiger partial charge in [0.15, 0.2) is 0 Å². The van der Waals surface area contributed by atoms with Crippen LogP contribution in [0.3, 0.4) is 0 Å². The number of fused-ring (bicyclic) bond motifs is 5. The number of nitrogens with one attached hydrogen (secondary N) is 2. The van der Waals surface area contributed by atoms with Crippen molar-refractivity contribution in [2.45, 2.75) is 6.42 Å². The molecule has 0 unspecified atom stereocenters. The minimum atomic E-state index is -0.198. The van der Waals surface area contributed by atoms with Crippen molar-refractivity contribution in [1.29, 1.82) is 0 Å². The van der Waals surface area contributed by atoms with Crippen molar-refractivity contribution in [2.75, 3.05) is 5.32 Å². The number of carbonyl (C=O) groups excluding carboxylic acids is 1. The first-order valence-corrected chi connectivity index (χ1v) is 6.19. The smallest absolute Gasteiger partial charge is 0.292 e. The Kier molecular flexibility index (Phi) is 2.09. The Bertz CT molecular complexity index is 907. The van der Waals surface area contributed by atoms with Gasteiger partial charge in [-0.25, -0.2) is 4.98 Å². The number of H-pyrrole nitrogens is 1. The predicted octanol–water partition coefficient (Wildman–Crippen LogP) is 1.16. The third-order valence-electron chi connectivity index (χ3n) is 3.62. The molecule has 1 aromatic carbocycles. The first-order chi connectivity index (χ1) is 9.78. The number of hydrogen-bond acceptors (Lipinski definition) is 3. The second-order valence-corrected chi connectivity index (χ2v) is 4.71. The molecule has 0 aliphatic heterocycles. The maximum Gasteiger partial charge on any atom is 0.292 e. The molecule has 0 atom stereocenters. The molecular weight excluding hydrogens is 256 g/mol. The summed E-state index contributed by atoms with van der Waals surface area (Å²) in [7, 11) is 0. The highest BCUT2D eigenvalue weighted by atomic mass is 16.1. The second kappa shape index (κ2) is 3.80. The topological polar surface area (TPSA) is 79.3 Å². The van der Waals surface area contributed by atoms with Gasteiger partial charge >= 0.3 is 0 Å². The van der Waals surface area contributed by atoms with E-state index < -0.39 is 0 Å². The number of carbonyl (C=O) groups is 1. The Morgan fingerprint density at radius 3 is 3.15 bits per heavy atom. The predicted molar refractivity (Wildman–Crippen MR) is 73.7 cm³/mol. The molecule has 20 heavy (non-hydrogen) atoms. The van der Waals surface area contributed by atoms with E-state index in [1.807, 2.05) is 22.6 Å². The van der Waals surface area contributed by atoms with Gasteiger partial charge < -0.3 is 10.3 Å². The molecule has 1 aliphatic rings. The van der Waals surface area contributed by atoms with E-state index >= 15 is 0 Å². The van der Waals surface area contributed by atoms with Crippen LogP contribution < -0.4 is 10.9 Å². The summed E-state index contributed by atoms with van der Waals surface area (Å²) in [6.07, 6.45) is 4.76. The van der Waals surface area contributed by atoms with Crippen LogP contribution >= 0.6 is 0 Å². The van der Waals surface area contributed by atoms with E-state index in [4.69, 9.17) is 0 Å². The van der Waals surface area contributed by atoms with Crippen molar-refractivity contribution in [3.05, 3.63) is 52.2 Å². The third-order valence-corrected chi connectivity index (χ3v) is 3.62. The Morgan fingerprint density at radius 2 is 2.30 bits per heavy atom. The van der Waals surface area contributed by atoms with Gasteiger partial charge in [0.25, 0.3) is 5.56 Å². The first-order valence-electron chi connectivity index (χ1n) is 6.19. The number of benzene rings is 1. The van der Waals surface area contributed by atoms with Gasteiger partial charge in [0.05, 0.1) is 11.4 Å². The van der Waals surface area contributed by atoms with Crippen LogP contribution in [0.25, 0.3) is 16.9 Å². The Labute approximate surface area is 113 Å². The zero-order valence-electron chi connectivity index (χ0n) is 10.4. The quantitative estimate of drug-likeness (QED) is 0.534. The van der Waals surface area contributed by atoms with Crippen LogP contribution in [0.4, 0.5) is 5.69 Å². The Hall–Kier alpha value is -2.89. The summed E-state index contributed by atoms with van der Waals surface area (Å²) in [4.78, 5) is 29.4. The summed E-state index contributed by atoms with van der Waals surface area (Å²) < 4.78 is 1.82. The maximum atomic E-state index is 12.0. The fourth-order valence-corrected chi connectivity index (χ4v) is 2.77. The molecule has 3 aromatic rings. The summed E-state index contributed by atoms with van der Waals surface area (Å²) in [6.45, 7) is 0. The molecule has 0 fully saturated rings. The molecule has 98 valence electrons. The van der Waals surface area contributed by atoms with Crippen molar-refractivity contribution in [2.24, 2.45) is 0 Å². The lowest BCUT2D eigenvalue weighted by Gasteiger charge is -2.04. The number of rotatable bonds is 2. The van der Waals surface area contributed by atoms with Crippen molar-refractivity contribution >= 4 is 17.7 Å². The fourth-order valence-electron chi connectivity index (χ4n) is 2.77. The molecule has 6 heteroatoms. The standard InChI is InChI=1S/C14H10N4O2/c19-7-16-9-1-2-10-8(5-9)6-11-12(10)17-14(20)13-15-3-4-18(11)13/h1-5,7H,6H2,(H,16,19)(H,17,20). The van der Waals surface area contributed by atoms with Crippen LogP contribution in [-0.2, 0) is 11.2 Å². The van der Waals surface area contributed by atoms with E-state index in [0.29, 0.717) is 18.5 Å². The van der Waals surface area contributed by atoms with E-state index in [1.54, 1.807) is 12.4 Å². The van der Waals surface area contributed by atoms with Crippen LogP contribution in [0.15, 0.2) is 35.4 Å². The monoisotopic (exact) mass is 266 g/mol. The number of aromatic amines is 1. The van der Waals surface area contributed by atoms with E-state index in [2.05, 4.69) is 15.3 Å². The molecule has 4 rings (SSSR count). The number of anilines is 1. The van der Waals surface area contributed by atoms with Crippen LogP contribution in [0.2, 0.25) is 0 Å². The molecule has 1 amide bonds. The molecule has 1 aliphatic carbocycles. The van der Waals surface area contributed by atoms with Gasteiger partial charge in [-0.15, -0.1) is 0 Å². The number of aromatic nitrogens is 3. The lowest BCUT2D eigenvalue weighted by molar-refractivity contribution is -0.105. The molecule has 0 spiro atoms. The molecule has 0 saturated carbocycles. The van der Waals surface area contributed by atoms with E-state index in [0.717, 1.165) is 28.2 Å². The number of nitrogens with zero attached hydrogens (tertiary/aromatic N) is 2. The van der Waals surface area contributed by atoms with Gasteiger partial charge in [-0.3, -0.25) is 14.0 Å². The minimum Gasteiger partial charge on any atom is -0.329 e. The highest BCUT2D eigenvalue weighted by molar-refractivity contribution is 5.79. The second-order valence-electron chi connectivity index (χ2n) is 4.71. The number of amides is 1.